The summed E-state index contributed by atoms with van der Waals surface area (Å²) in [5, 5.41) is 20.9. The average molecular weight is 391 g/mol. The average Bonchev–Trinajstić information content (AvgIpc) is 3.16. The van der Waals surface area contributed by atoms with E-state index >= 15 is 0 Å². The van der Waals surface area contributed by atoms with Crippen LogP contribution in [0.4, 0.5) is 17.2 Å². The number of amides is 2. The van der Waals surface area contributed by atoms with Crippen molar-refractivity contribution in [1.29, 1.82) is 0 Å². The van der Waals surface area contributed by atoms with Crippen LogP contribution in [-0.4, -0.2) is 26.5 Å². The zero-order valence-electron chi connectivity index (χ0n) is 15.5. The molecule has 0 bridgehead atoms. The molecule has 0 spiro atoms. The van der Waals surface area contributed by atoms with Crippen LogP contribution in [0.15, 0.2) is 54.6 Å². The fourth-order valence-electron chi connectivity index (χ4n) is 3.45. The van der Waals surface area contributed by atoms with Gasteiger partial charge in [0.15, 0.2) is 0 Å². The summed E-state index contributed by atoms with van der Waals surface area (Å²) in [5.74, 6) is -0.314. The van der Waals surface area contributed by atoms with Gasteiger partial charge in [-0.2, -0.15) is 5.10 Å². The molecule has 0 radical (unpaired) electrons. The molecule has 0 fully saturated rings. The largest absolute Gasteiger partial charge is 0.320 e. The third kappa shape index (κ3) is 3.33. The lowest BCUT2D eigenvalue weighted by Crippen LogP contribution is -2.24. The Balaban J connectivity index is 1.59. The first-order valence-electron chi connectivity index (χ1n) is 8.94. The van der Waals surface area contributed by atoms with E-state index in [-0.39, 0.29) is 23.7 Å². The van der Waals surface area contributed by atoms with Crippen LogP contribution in [0.5, 0.6) is 0 Å². The topological polar surface area (TPSA) is 119 Å². The summed E-state index contributed by atoms with van der Waals surface area (Å²) in [7, 11) is 0. The highest BCUT2D eigenvalue weighted by Gasteiger charge is 2.36. The van der Waals surface area contributed by atoms with Crippen LogP contribution in [0.3, 0.4) is 0 Å². The van der Waals surface area contributed by atoms with Crippen molar-refractivity contribution in [3.63, 3.8) is 0 Å². The minimum atomic E-state index is -0.830. The molecule has 146 valence electrons. The number of carbonyl (C=O) groups is 2. The number of para-hydroxylation sites is 2. The highest BCUT2D eigenvalue weighted by atomic mass is 16.6. The number of carbonyl (C=O) groups excluding carboxylic acids is 2. The van der Waals surface area contributed by atoms with E-state index in [4.69, 9.17) is 0 Å². The molecule has 0 aliphatic carbocycles. The Morgan fingerprint density at radius 1 is 1.21 bits per heavy atom. The van der Waals surface area contributed by atoms with Gasteiger partial charge < -0.3 is 10.6 Å². The van der Waals surface area contributed by atoms with Gasteiger partial charge in [-0.1, -0.05) is 42.5 Å². The molecule has 1 unspecified atom stereocenters. The molecule has 9 heteroatoms. The van der Waals surface area contributed by atoms with Gasteiger partial charge in [0.25, 0.3) is 11.6 Å². The van der Waals surface area contributed by atoms with Crippen LogP contribution in [-0.2, 0) is 9.59 Å². The molecule has 0 saturated heterocycles. The molecule has 29 heavy (non-hydrogen) atoms. The minimum Gasteiger partial charge on any atom is -0.320 e. The molecule has 2 amide bonds. The Hall–Kier alpha value is -4.01. The van der Waals surface area contributed by atoms with Crippen molar-refractivity contribution < 1.29 is 14.5 Å². The number of anilines is 2. The number of rotatable bonds is 5. The molecule has 0 saturated carbocycles. The summed E-state index contributed by atoms with van der Waals surface area (Å²) >= 11 is 0. The van der Waals surface area contributed by atoms with E-state index in [0.29, 0.717) is 5.82 Å². The molecule has 9 nitrogen and oxygen atoms in total. The van der Waals surface area contributed by atoms with Gasteiger partial charge in [-0.25, -0.2) is 4.68 Å². The fraction of sp³-hybridized carbons (Fsp3) is 0.150. The van der Waals surface area contributed by atoms with Gasteiger partial charge in [-0.05, 0) is 18.6 Å². The third-order valence-electron chi connectivity index (χ3n) is 4.74. The summed E-state index contributed by atoms with van der Waals surface area (Å²) in [6.45, 7) is 1.84. The van der Waals surface area contributed by atoms with Crippen molar-refractivity contribution >= 4 is 29.0 Å². The van der Waals surface area contributed by atoms with E-state index in [0.717, 1.165) is 16.8 Å². The second-order valence-electron chi connectivity index (χ2n) is 6.65. The van der Waals surface area contributed by atoms with Crippen molar-refractivity contribution in [2.45, 2.75) is 19.4 Å². The Labute approximate surface area is 165 Å². The second-order valence-corrected chi connectivity index (χ2v) is 6.65. The molecular formula is C20H17N5O4. The van der Waals surface area contributed by atoms with Gasteiger partial charge in [0.1, 0.15) is 17.5 Å². The predicted octanol–water partition coefficient (Wildman–Crippen LogP) is 3.29. The third-order valence-corrected chi connectivity index (χ3v) is 4.74. The van der Waals surface area contributed by atoms with E-state index in [1.165, 1.54) is 22.9 Å². The number of fused-ring (bicyclic) bond motifs is 1. The van der Waals surface area contributed by atoms with Crippen molar-refractivity contribution in [3.8, 4) is 11.1 Å². The van der Waals surface area contributed by atoms with Crippen LogP contribution in [0, 0.1) is 17.0 Å². The second kappa shape index (κ2) is 7.19. The monoisotopic (exact) mass is 391 g/mol. The maximum Gasteiger partial charge on any atom is 0.292 e. The highest BCUT2D eigenvalue weighted by Crippen LogP contribution is 2.38. The molecule has 2 heterocycles. The molecule has 4 rings (SSSR count). The molecule has 1 aromatic heterocycles. The van der Waals surface area contributed by atoms with Gasteiger partial charge >= 0.3 is 0 Å². The normalized spacial score (nSPS) is 14.9. The smallest absolute Gasteiger partial charge is 0.292 e. The number of nitrogens with zero attached hydrogens (tertiary/aromatic N) is 3. The van der Waals surface area contributed by atoms with E-state index < -0.39 is 16.9 Å². The predicted molar refractivity (Wildman–Crippen MR) is 106 cm³/mol. The number of nitro groups is 1. The zero-order chi connectivity index (χ0) is 20.5. The summed E-state index contributed by atoms with van der Waals surface area (Å²) in [5.41, 5.74) is 2.33. The fourth-order valence-corrected chi connectivity index (χ4v) is 3.45. The Bertz CT molecular complexity index is 1120. The van der Waals surface area contributed by atoms with E-state index in [1.54, 1.807) is 6.07 Å². The van der Waals surface area contributed by atoms with Crippen molar-refractivity contribution in [2.75, 3.05) is 10.6 Å². The van der Waals surface area contributed by atoms with Gasteiger partial charge in [-0.15, -0.1) is 0 Å². The molecule has 1 aliphatic rings. The van der Waals surface area contributed by atoms with E-state index in [2.05, 4.69) is 15.7 Å². The lowest BCUT2D eigenvalue weighted by molar-refractivity contribution is -0.383. The number of aromatic nitrogens is 2. The van der Waals surface area contributed by atoms with Crippen LogP contribution < -0.4 is 10.6 Å². The lowest BCUT2D eigenvalue weighted by Gasteiger charge is -2.10. The van der Waals surface area contributed by atoms with Crippen molar-refractivity contribution in [2.24, 2.45) is 0 Å². The number of nitro benzene ring substituents is 1. The molecule has 3 aromatic rings. The standard InChI is InChI=1S/C20H17N5O4/c1-12-18(13-7-3-2-4-8-13)19-22-20(27)16(24(19)23-12)11-17(26)21-14-9-5-6-10-15(14)25(28)29/h2-10,16H,11H2,1H3,(H,21,26)(H,22,27). The number of nitrogens with one attached hydrogen (secondary N) is 2. The number of hydrogen-bond donors (Lipinski definition) is 2. The Kier molecular flexibility index (Phi) is 4.55. The molecule has 2 N–H and O–H groups in total. The van der Waals surface area contributed by atoms with E-state index in [9.17, 15) is 19.7 Å². The number of aryl methyl sites for hydroxylation is 1. The Morgan fingerprint density at radius 3 is 2.62 bits per heavy atom. The van der Waals surface area contributed by atoms with Crippen LogP contribution >= 0.6 is 0 Å². The van der Waals surface area contributed by atoms with Crippen LogP contribution in [0.25, 0.3) is 11.1 Å². The molecule has 2 aromatic carbocycles. The maximum atomic E-state index is 12.5. The molecule has 1 aliphatic heterocycles. The van der Waals surface area contributed by atoms with Gasteiger partial charge in [0.2, 0.25) is 5.91 Å². The SMILES string of the molecule is Cc1nn2c(c1-c1ccccc1)NC(=O)C2CC(=O)Nc1ccccc1[N+](=O)[O-]. The number of benzene rings is 2. The summed E-state index contributed by atoms with van der Waals surface area (Å²) in [6.07, 6.45) is -0.194. The summed E-state index contributed by atoms with van der Waals surface area (Å²) < 4.78 is 1.51. The quantitative estimate of drug-likeness (QED) is 0.511. The highest BCUT2D eigenvalue weighted by molar-refractivity contribution is 6.04. The first kappa shape index (κ1) is 18.4. The van der Waals surface area contributed by atoms with Gasteiger partial charge in [0, 0.05) is 11.6 Å². The van der Waals surface area contributed by atoms with Crippen LogP contribution in [0.2, 0.25) is 0 Å². The number of hydrogen-bond acceptors (Lipinski definition) is 5. The lowest BCUT2D eigenvalue weighted by atomic mass is 10.1. The van der Waals surface area contributed by atoms with Crippen LogP contribution in [0.1, 0.15) is 18.2 Å². The zero-order valence-corrected chi connectivity index (χ0v) is 15.5. The first-order valence-corrected chi connectivity index (χ1v) is 8.94. The van der Waals surface area contributed by atoms with Gasteiger partial charge in [-0.3, -0.25) is 19.7 Å². The van der Waals surface area contributed by atoms with Crippen molar-refractivity contribution in [1.82, 2.24) is 9.78 Å². The summed E-state index contributed by atoms with van der Waals surface area (Å²) in [6, 6.07) is 14.6. The maximum absolute atomic E-state index is 12.5. The first-order chi connectivity index (χ1) is 14.0. The van der Waals surface area contributed by atoms with Crippen molar-refractivity contribution in [3.05, 3.63) is 70.4 Å². The molecular weight excluding hydrogens is 374 g/mol. The van der Waals surface area contributed by atoms with Gasteiger partial charge in [0.05, 0.1) is 17.0 Å². The van der Waals surface area contributed by atoms with E-state index in [1.807, 2.05) is 37.3 Å². The minimum absolute atomic E-state index is 0.0859. The molecule has 1 atom stereocenters. The summed E-state index contributed by atoms with van der Waals surface area (Å²) in [4.78, 5) is 35.5. The Morgan fingerprint density at radius 2 is 1.90 bits per heavy atom.